The molecular formula is C39H57NO3. The van der Waals surface area contributed by atoms with Crippen molar-refractivity contribution in [2.45, 2.75) is 94.3 Å². The zero-order valence-corrected chi connectivity index (χ0v) is 22.7. The molecule has 2 aromatic carbocycles. The van der Waals surface area contributed by atoms with E-state index in [0.29, 0.717) is 25.4 Å². The highest BCUT2D eigenvalue weighted by Crippen LogP contribution is 2.61. The third-order valence-corrected chi connectivity index (χ3v) is 9.61. The number of aliphatic hydroxyl groups is 1. The Kier molecular flexibility index (Phi) is 12.8. The highest BCUT2D eigenvalue weighted by atomic mass is 16.5. The van der Waals surface area contributed by atoms with Crippen LogP contribution in [0.25, 0.3) is 0 Å². The van der Waals surface area contributed by atoms with E-state index in [1.54, 1.807) is 0 Å². The third kappa shape index (κ3) is 6.54. The monoisotopic (exact) mass is 587 g/mol. The van der Waals surface area contributed by atoms with Crippen LogP contribution in [0.3, 0.4) is 0 Å². The van der Waals surface area contributed by atoms with Crippen molar-refractivity contribution < 1.29 is 14.6 Å². The molecule has 5 atom stereocenters. The lowest BCUT2D eigenvalue weighted by molar-refractivity contribution is -0.114. The van der Waals surface area contributed by atoms with Gasteiger partial charge in [-0.2, -0.15) is 0 Å². The van der Waals surface area contributed by atoms with E-state index in [1.807, 2.05) is 50.5 Å². The molecule has 1 saturated carbocycles. The van der Waals surface area contributed by atoms with Gasteiger partial charge in [-0.05, 0) is 96.6 Å². The van der Waals surface area contributed by atoms with Gasteiger partial charge in [-0.1, -0.05) is 86.2 Å². The van der Waals surface area contributed by atoms with E-state index < -0.39 is 11.0 Å². The van der Waals surface area contributed by atoms with E-state index in [9.17, 15) is 9.90 Å². The fourth-order valence-corrected chi connectivity index (χ4v) is 7.39. The summed E-state index contributed by atoms with van der Waals surface area (Å²) < 4.78 is 6.89. The number of hydrogen-bond acceptors (Lipinski definition) is 4. The average molecular weight is 588 g/mol. The quantitative estimate of drug-likeness (QED) is 0.356. The van der Waals surface area contributed by atoms with Crippen molar-refractivity contribution in [2.75, 3.05) is 25.6 Å². The molecule has 6 rings (SSSR count). The lowest BCUT2D eigenvalue weighted by Crippen LogP contribution is -2.48. The number of fused-ring (bicyclic) bond motifs is 4. The molecule has 0 aromatic heterocycles. The molecule has 43 heavy (non-hydrogen) atoms. The fourth-order valence-electron chi connectivity index (χ4n) is 7.39. The first-order valence-electron chi connectivity index (χ1n) is 14.0. The number of carbonyl (C=O) groups excluding carboxylic acids is 1. The first kappa shape index (κ1) is 37.9. The maximum atomic E-state index is 12.3. The Morgan fingerprint density at radius 3 is 2.23 bits per heavy atom. The summed E-state index contributed by atoms with van der Waals surface area (Å²) in [6.07, 6.45) is 6.53. The third-order valence-electron chi connectivity index (χ3n) is 9.61. The molecule has 3 aliphatic carbocycles. The Morgan fingerprint density at radius 1 is 0.907 bits per heavy atom. The maximum absolute atomic E-state index is 12.3. The summed E-state index contributed by atoms with van der Waals surface area (Å²) in [6.45, 7) is 2.64. The summed E-state index contributed by atoms with van der Waals surface area (Å²) >= 11 is 0. The first-order chi connectivity index (χ1) is 18.3. The number of hydrogen-bond donors (Lipinski definition) is 1. The zero-order valence-electron chi connectivity index (χ0n) is 22.7. The summed E-state index contributed by atoms with van der Waals surface area (Å²) in [5, 5.41) is 12.1. The maximum Gasteiger partial charge on any atom is 0.156 e. The number of carbonyl (C=O) groups is 1. The van der Waals surface area contributed by atoms with Gasteiger partial charge in [0.2, 0.25) is 0 Å². The molecule has 1 aliphatic heterocycles. The van der Waals surface area contributed by atoms with E-state index in [1.165, 1.54) is 16.7 Å². The largest absolute Gasteiger partial charge is 0.378 e. The van der Waals surface area contributed by atoms with Gasteiger partial charge >= 0.3 is 0 Å². The highest BCUT2D eigenvalue weighted by molar-refractivity contribution is 5.93. The number of benzene rings is 2. The van der Waals surface area contributed by atoms with Gasteiger partial charge in [0.05, 0.1) is 6.61 Å². The van der Waals surface area contributed by atoms with Crippen molar-refractivity contribution in [3.63, 3.8) is 0 Å². The van der Waals surface area contributed by atoms with Crippen molar-refractivity contribution in [3.05, 3.63) is 88.5 Å². The van der Waals surface area contributed by atoms with Crippen LogP contribution < -0.4 is 4.90 Å². The Morgan fingerprint density at radius 2 is 1.58 bits per heavy atom. The number of ketones is 1. The number of allylic oxidation sites excluding steroid dienone is 3. The summed E-state index contributed by atoms with van der Waals surface area (Å²) in [6, 6.07) is 18.6. The molecule has 2 fully saturated rings. The van der Waals surface area contributed by atoms with Gasteiger partial charge < -0.3 is 14.7 Å². The predicted molar refractivity (Wildman–Crippen MR) is 184 cm³/mol. The highest BCUT2D eigenvalue weighted by Gasteiger charge is 2.61. The van der Waals surface area contributed by atoms with Crippen molar-refractivity contribution >= 4 is 11.5 Å². The molecule has 1 heterocycles. The van der Waals surface area contributed by atoms with Crippen molar-refractivity contribution in [2.24, 2.45) is 17.3 Å². The van der Waals surface area contributed by atoms with E-state index in [2.05, 4.69) is 47.9 Å². The number of ether oxygens (including phenoxy) is 1. The van der Waals surface area contributed by atoms with Crippen LogP contribution in [0.15, 0.2) is 77.4 Å². The Hall–Kier alpha value is -3.13. The first-order valence-corrected chi connectivity index (χ1v) is 14.0. The van der Waals surface area contributed by atoms with Gasteiger partial charge in [0.15, 0.2) is 5.78 Å². The van der Waals surface area contributed by atoms with E-state index >= 15 is 0 Å². The van der Waals surface area contributed by atoms with Crippen LogP contribution >= 0.6 is 0 Å². The molecule has 0 amide bonds. The molecule has 4 heteroatoms. The molecule has 2 aromatic rings. The van der Waals surface area contributed by atoms with Gasteiger partial charge in [-0.25, -0.2) is 0 Å². The van der Waals surface area contributed by atoms with E-state index in [-0.39, 0.29) is 54.9 Å². The summed E-state index contributed by atoms with van der Waals surface area (Å²) in [5.41, 5.74) is 5.48. The van der Waals surface area contributed by atoms with Crippen LogP contribution in [0.1, 0.15) is 99.8 Å². The minimum absolute atomic E-state index is 0. The van der Waals surface area contributed by atoms with Gasteiger partial charge in [0, 0.05) is 37.2 Å². The second-order valence-corrected chi connectivity index (χ2v) is 11.9. The molecule has 0 spiro atoms. The van der Waals surface area contributed by atoms with Crippen LogP contribution in [-0.4, -0.2) is 37.2 Å². The predicted octanol–water partition coefficient (Wildman–Crippen LogP) is 9.20. The minimum Gasteiger partial charge on any atom is -0.378 e. The summed E-state index contributed by atoms with van der Waals surface area (Å²) in [4.78, 5) is 14.4. The van der Waals surface area contributed by atoms with Crippen LogP contribution in [-0.2, 0) is 9.53 Å². The number of anilines is 1. The van der Waals surface area contributed by atoms with E-state index in [0.717, 1.165) is 42.5 Å². The standard InChI is InChI=1S/C34H37NO3.5CH4/c1-33-22-38-32(24-9-12-26(13-10-24)35(2)3)31-28-16-14-27(36)21-25(28)11-15-29(31)30(33)18-20-34(33,37)19-17-23-7-5-4-6-8-23;;;;;/h4-10,12-13,21,29-30,32,37H,11,14-16,18,20,22H2,1-3H3;5*1H4/t29?,30?,32-,33+,34+;;;;;/m1...../s1. The van der Waals surface area contributed by atoms with Crippen molar-refractivity contribution in [3.8, 4) is 11.8 Å². The lowest BCUT2D eigenvalue weighted by atomic mass is 9.61. The molecule has 1 saturated heterocycles. The van der Waals surface area contributed by atoms with Crippen LogP contribution in [0.4, 0.5) is 5.69 Å². The summed E-state index contributed by atoms with van der Waals surface area (Å²) in [7, 11) is 4.10. The number of rotatable bonds is 2. The Bertz CT molecular complexity index is 1360. The average Bonchev–Trinajstić information content (AvgIpc) is 3.09. The van der Waals surface area contributed by atoms with E-state index in [4.69, 9.17) is 4.74 Å². The molecule has 0 bridgehead atoms. The molecule has 2 unspecified atom stereocenters. The molecule has 236 valence electrons. The van der Waals surface area contributed by atoms with Crippen molar-refractivity contribution in [1.29, 1.82) is 0 Å². The van der Waals surface area contributed by atoms with Crippen molar-refractivity contribution in [1.82, 2.24) is 0 Å². The lowest BCUT2D eigenvalue weighted by Gasteiger charge is -2.42. The Balaban J connectivity index is 0.00000185. The van der Waals surface area contributed by atoms with Gasteiger partial charge in [-0.15, -0.1) is 0 Å². The second-order valence-electron chi connectivity index (χ2n) is 11.9. The molecule has 4 aliphatic rings. The zero-order chi connectivity index (χ0) is 26.5. The fraction of sp³-hybridized carbons (Fsp3) is 0.513. The topological polar surface area (TPSA) is 49.8 Å². The summed E-state index contributed by atoms with van der Waals surface area (Å²) in [5.74, 6) is 7.40. The van der Waals surface area contributed by atoms with Gasteiger partial charge in [0.1, 0.15) is 11.7 Å². The van der Waals surface area contributed by atoms with Crippen LogP contribution in [0, 0.1) is 29.1 Å². The smallest absolute Gasteiger partial charge is 0.156 e. The molecular weight excluding hydrogens is 530 g/mol. The minimum atomic E-state index is -1.12. The van der Waals surface area contributed by atoms with Gasteiger partial charge in [-0.3, -0.25) is 4.79 Å². The molecule has 1 N–H and O–H groups in total. The molecule has 0 radical (unpaired) electrons. The second kappa shape index (κ2) is 14.6. The van der Waals surface area contributed by atoms with Gasteiger partial charge in [0.25, 0.3) is 0 Å². The Labute approximate surface area is 263 Å². The van der Waals surface area contributed by atoms with Crippen LogP contribution in [0.2, 0.25) is 0 Å². The SMILES string of the molecule is C.C.C.C.C.CN(C)c1ccc([C@H]2OC[C@@]3(C)C(CC[C@@]3(O)C#Cc3ccccc3)C3CCC4=CC(=O)CCC4=C32)cc1. The molecule has 4 nitrogen and oxygen atoms in total. The van der Waals surface area contributed by atoms with Crippen LogP contribution in [0.5, 0.6) is 0 Å². The number of nitrogens with zero attached hydrogens (tertiary/aromatic N) is 1. The normalized spacial score (nSPS) is 28.5.